The van der Waals surface area contributed by atoms with Gasteiger partial charge in [0.05, 0.1) is 18.4 Å². The number of hydrogen-bond acceptors (Lipinski definition) is 3. The third-order valence-electron chi connectivity index (χ3n) is 4.24. The number of hydrogen-bond donors (Lipinski definition) is 1. The van der Waals surface area contributed by atoms with Crippen LogP contribution in [0.4, 0.5) is 23.2 Å². The zero-order chi connectivity index (χ0) is 21.3. The topological polar surface area (TPSA) is 64.7 Å². The largest absolute Gasteiger partial charge is 0.435 e. The summed E-state index contributed by atoms with van der Waals surface area (Å²) >= 11 is 5.99. The van der Waals surface area contributed by atoms with Gasteiger partial charge in [-0.15, -0.1) is 0 Å². The number of benzene rings is 1. The fraction of sp³-hybridized carbons (Fsp3) is 0.278. The summed E-state index contributed by atoms with van der Waals surface area (Å²) in [6.07, 6.45) is -1.79. The maximum atomic E-state index is 13.9. The zero-order valence-electron chi connectivity index (χ0n) is 15.3. The summed E-state index contributed by atoms with van der Waals surface area (Å²) < 4.78 is 54.7. The summed E-state index contributed by atoms with van der Waals surface area (Å²) in [7, 11) is 0. The number of carbonyl (C=O) groups is 1. The standard InChI is InChI=1S/C18H16ClF4N5O/c1-10-6-16(18(21,22)23)26-28(10)11(2)17(29)25-12-7-24-27(8-12)9-13-14(19)4-3-5-15(13)20/h3-8,11H,9H2,1-2H3,(H,25,29). The van der Waals surface area contributed by atoms with Crippen molar-refractivity contribution in [2.24, 2.45) is 0 Å². The molecular weight excluding hydrogens is 414 g/mol. The van der Waals surface area contributed by atoms with Crippen molar-refractivity contribution in [1.29, 1.82) is 0 Å². The fourth-order valence-electron chi connectivity index (χ4n) is 2.74. The van der Waals surface area contributed by atoms with Crippen LogP contribution in [-0.2, 0) is 17.5 Å². The number of nitrogens with zero attached hydrogens (tertiary/aromatic N) is 4. The minimum absolute atomic E-state index is 0.0458. The lowest BCUT2D eigenvalue weighted by atomic mass is 10.2. The molecule has 29 heavy (non-hydrogen) atoms. The van der Waals surface area contributed by atoms with Crippen molar-refractivity contribution in [3.8, 4) is 0 Å². The first-order valence-corrected chi connectivity index (χ1v) is 8.83. The number of halogens is 5. The van der Waals surface area contributed by atoms with Gasteiger partial charge in [-0.2, -0.15) is 23.4 Å². The number of rotatable bonds is 5. The van der Waals surface area contributed by atoms with Crippen LogP contribution >= 0.6 is 11.6 Å². The van der Waals surface area contributed by atoms with Crippen LogP contribution in [0.1, 0.15) is 29.9 Å². The molecule has 2 aromatic heterocycles. The fourth-order valence-corrected chi connectivity index (χ4v) is 2.96. The molecule has 0 aliphatic carbocycles. The minimum Gasteiger partial charge on any atom is -0.322 e. The van der Waals surface area contributed by atoms with Gasteiger partial charge in [0.25, 0.3) is 0 Å². The molecule has 1 atom stereocenters. The van der Waals surface area contributed by atoms with E-state index in [9.17, 15) is 22.4 Å². The second-order valence-electron chi connectivity index (χ2n) is 6.41. The third-order valence-corrected chi connectivity index (χ3v) is 4.60. The molecule has 0 fully saturated rings. The molecule has 0 bridgehead atoms. The van der Waals surface area contributed by atoms with Crippen LogP contribution in [0.5, 0.6) is 0 Å². The van der Waals surface area contributed by atoms with Gasteiger partial charge in [0.1, 0.15) is 11.9 Å². The second-order valence-corrected chi connectivity index (χ2v) is 6.81. The van der Waals surface area contributed by atoms with Crippen molar-refractivity contribution < 1.29 is 22.4 Å². The third kappa shape index (κ3) is 4.58. The first kappa shape index (κ1) is 20.8. The lowest BCUT2D eigenvalue weighted by Gasteiger charge is -2.13. The molecule has 0 aliphatic heterocycles. The molecule has 0 radical (unpaired) electrons. The Morgan fingerprint density at radius 1 is 1.34 bits per heavy atom. The Bertz CT molecular complexity index is 1020. The molecule has 1 N–H and O–H groups in total. The quantitative estimate of drug-likeness (QED) is 0.609. The highest BCUT2D eigenvalue weighted by molar-refractivity contribution is 6.31. The average Bonchev–Trinajstić information content (AvgIpc) is 3.23. The highest BCUT2D eigenvalue weighted by atomic mass is 35.5. The Morgan fingerprint density at radius 2 is 2.07 bits per heavy atom. The number of anilines is 1. The molecule has 1 unspecified atom stereocenters. The summed E-state index contributed by atoms with van der Waals surface area (Å²) in [4.78, 5) is 12.4. The molecule has 6 nitrogen and oxygen atoms in total. The molecule has 0 aliphatic rings. The Hall–Kier alpha value is -2.88. The number of aromatic nitrogens is 4. The molecule has 1 amide bonds. The van der Waals surface area contributed by atoms with Crippen LogP contribution in [0.2, 0.25) is 5.02 Å². The maximum absolute atomic E-state index is 13.9. The van der Waals surface area contributed by atoms with Gasteiger partial charge in [-0.25, -0.2) is 4.39 Å². The van der Waals surface area contributed by atoms with Gasteiger partial charge in [0, 0.05) is 22.5 Å². The zero-order valence-corrected chi connectivity index (χ0v) is 16.1. The number of carbonyl (C=O) groups excluding carboxylic acids is 1. The molecule has 0 spiro atoms. The van der Waals surface area contributed by atoms with E-state index in [1.807, 2.05) is 0 Å². The van der Waals surface area contributed by atoms with Crippen molar-refractivity contribution in [2.75, 3.05) is 5.32 Å². The van der Waals surface area contributed by atoms with E-state index in [1.165, 1.54) is 43.1 Å². The molecular formula is C18H16ClF4N5O. The number of alkyl halides is 3. The molecule has 2 heterocycles. The number of amides is 1. The SMILES string of the molecule is Cc1cc(C(F)(F)F)nn1C(C)C(=O)Nc1cnn(Cc2c(F)cccc2Cl)c1. The van der Waals surface area contributed by atoms with E-state index in [4.69, 9.17) is 11.6 Å². The van der Waals surface area contributed by atoms with Crippen LogP contribution in [0, 0.1) is 12.7 Å². The number of nitrogens with one attached hydrogen (secondary N) is 1. The highest BCUT2D eigenvalue weighted by Gasteiger charge is 2.35. The van der Waals surface area contributed by atoms with E-state index in [2.05, 4.69) is 15.5 Å². The summed E-state index contributed by atoms with van der Waals surface area (Å²) in [5, 5.41) is 10.3. The van der Waals surface area contributed by atoms with Crippen molar-refractivity contribution in [1.82, 2.24) is 19.6 Å². The van der Waals surface area contributed by atoms with Crippen LogP contribution < -0.4 is 5.32 Å². The predicted octanol–water partition coefficient (Wildman–Crippen LogP) is 4.45. The van der Waals surface area contributed by atoms with Crippen LogP contribution in [0.3, 0.4) is 0 Å². The molecule has 0 saturated carbocycles. The Balaban J connectivity index is 1.71. The molecule has 11 heteroatoms. The van der Waals surface area contributed by atoms with Gasteiger partial charge < -0.3 is 5.32 Å². The lowest BCUT2D eigenvalue weighted by Crippen LogP contribution is -2.25. The second kappa shape index (κ2) is 7.86. The van der Waals surface area contributed by atoms with Gasteiger partial charge >= 0.3 is 6.18 Å². The first-order chi connectivity index (χ1) is 13.6. The predicted molar refractivity (Wildman–Crippen MR) is 98.0 cm³/mol. The van der Waals surface area contributed by atoms with Crippen LogP contribution in [0.25, 0.3) is 0 Å². The summed E-state index contributed by atoms with van der Waals surface area (Å²) in [6.45, 7) is 2.91. The summed E-state index contributed by atoms with van der Waals surface area (Å²) in [6, 6.07) is 4.20. The van der Waals surface area contributed by atoms with Crippen LogP contribution in [-0.4, -0.2) is 25.5 Å². The summed E-state index contributed by atoms with van der Waals surface area (Å²) in [5.74, 6) is -1.06. The Labute approximate surface area is 168 Å². The lowest BCUT2D eigenvalue weighted by molar-refractivity contribution is -0.141. The van der Waals surface area contributed by atoms with E-state index in [-0.39, 0.29) is 22.8 Å². The van der Waals surface area contributed by atoms with Gasteiger partial charge in [0.2, 0.25) is 5.91 Å². The van der Waals surface area contributed by atoms with E-state index in [0.717, 1.165) is 10.7 Å². The molecule has 154 valence electrons. The number of aryl methyl sites for hydroxylation is 1. The van der Waals surface area contributed by atoms with Crippen LogP contribution in [0.15, 0.2) is 36.7 Å². The molecule has 3 aromatic rings. The van der Waals surface area contributed by atoms with Gasteiger partial charge in [-0.3, -0.25) is 14.2 Å². The summed E-state index contributed by atoms with van der Waals surface area (Å²) in [5.41, 5.74) is -0.320. The smallest absolute Gasteiger partial charge is 0.322 e. The first-order valence-electron chi connectivity index (χ1n) is 8.46. The Kier molecular flexibility index (Phi) is 5.65. The maximum Gasteiger partial charge on any atom is 0.435 e. The van der Waals surface area contributed by atoms with E-state index in [0.29, 0.717) is 5.69 Å². The van der Waals surface area contributed by atoms with Gasteiger partial charge in [-0.1, -0.05) is 17.7 Å². The Morgan fingerprint density at radius 3 is 2.69 bits per heavy atom. The molecule has 1 aromatic carbocycles. The molecule has 3 rings (SSSR count). The van der Waals surface area contributed by atoms with E-state index >= 15 is 0 Å². The van der Waals surface area contributed by atoms with Gasteiger partial charge in [-0.05, 0) is 32.0 Å². The van der Waals surface area contributed by atoms with Crippen molar-refractivity contribution in [2.45, 2.75) is 32.6 Å². The van der Waals surface area contributed by atoms with E-state index < -0.39 is 29.6 Å². The van der Waals surface area contributed by atoms with Crippen molar-refractivity contribution in [3.63, 3.8) is 0 Å². The van der Waals surface area contributed by atoms with E-state index in [1.54, 1.807) is 6.07 Å². The normalized spacial score (nSPS) is 12.8. The van der Waals surface area contributed by atoms with Crippen molar-refractivity contribution >= 4 is 23.2 Å². The van der Waals surface area contributed by atoms with Gasteiger partial charge in [0.15, 0.2) is 5.69 Å². The highest BCUT2D eigenvalue weighted by Crippen LogP contribution is 2.29. The molecule has 0 saturated heterocycles. The average molecular weight is 430 g/mol. The monoisotopic (exact) mass is 429 g/mol. The minimum atomic E-state index is -4.60. The van der Waals surface area contributed by atoms with Crippen molar-refractivity contribution in [3.05, 3.63) is 64.5 Å².